The number of rotatable bonds is 5. The Hall–Kier alpha value is -3.11. The fourth-order valence-electron chi connectivity index (χ4n) is 4.72. The van der Waals surface area contributed by atoms with Gasteiger partial charge in [0.2, 0.25) is 11.8 Å². The van der Waals surface area contributed by atoms with Gasteiger partial charge in [-0.05, 0) is 44.2 Å². The Morgan fingerprint density at radius 2 is 1.94 bits per heavy atom. The zero-order valence-electron chi connectivity index (χ0n) is 17.7. The molecule has 1 saturated heterocycles. The van der Waals surface area contributed by atoms with Gasteiger partial charge in [0.25, 0.3) is 5.91 Å². The molecule has 168 valence electrons. The molecule has 3 amide bonds. The standard InChI is InChI=1S/C22H26N6O4/c23-13-4-6-15(7-5-13)32-12-14-10-28(26-25-14)18-3-1-2-16-17(18)11-27(22(16)31)19-8-9-20(29)24-21(19)30/h1-3,10,13,15,19H,4-9,11-12,23H2,(H,24,29,30). The number of nitrogens with two attached hydrogens (primary N) is 1. The fourth-order valence-corrected chi connectivity index (χ4v) is 4.72. The summed E-state index contributed by atoms with van der Waals surface area (Å²) in [6, 6.07) is 5.05. The van der Waals surface area contributed by atoms with Crippen molar-refractivity contribution in [1.29, 1.82) is 0 Å². The van der Waals surface area contributed by atoms with Gasteiger partial charge >= 0.3 is 0 Å². The van der Waals surface area contributed by atoms with E-state index in [1.165, 1.54) is 4.90 Å². The first-order valence-electron chi connectivity index (χ1n) is 11.0. The van der Waals surface area contributed by atoms with Crippen LogP contribution in [0.15, 0.2) is 24.4 Å². The number of ether oxygens (including phenoxy) is 1. The average molecular weight is 438 g/mol. The molecule has 32 heavy (non-hydrogen) atoms. The van der Waals surface area contributed by atoms with Gasteiger partial charge in [0.05, 0.1) is 24.6 Å². The molecule has 1 atom stereocenters. The number of benzene rings is 1. The number of fused-ring (bicyclic) bond motifs is 1. The zero-order valence-corrected chi connectivity index (χ0v) is 17.7. The van der Waals surface area contributed by atoms with E-state index < -0.39 is 11.9 Å². The van der Waals surface area contributed by atoms with E-state index in [4.69, 9.17) is 10.5 Å². The molecule has 0 spiro atoms. The maximum Gasteiger partial charge on any atom is 0.255 e. The van der Waals surface area contributed by atoms with Crippen LogP contribution in [-0.2, 0) is 27.5 Å². The van der Waals surface area contributed by atoms with Crippen molar-refractivity contribution in [2.24, 2.45) is 5.73 Å². The minimum Gasteiger partial charge on any atom is -0.372 e. The number of nitrogens with zero attached hydrogens (tertiary/aromatic N) is 4. The van der Waals surface area contributed by atoms with Crippen LogP contribution in [0.3, 0.4) is 0 Å². The van der Waals surface area contributed by atoms with Crippen molar-refractivity contribution >= 4 is 17.7 Å². The lowest BCUT2D eigenvalue weighted by Crippen LogP contribution is -2.52. The smallest absolute Gasteiger partial charge is 0.255 e. The first-order chi connectivity index (χ1) is 15.5. The SMILES string of the molecule is NC1CCC(OCc2cn(-c3cccc4c3CN(C3CCC(=O)NC3=O)C4=O)nn2)CC1. The molecule has 5 rings (SSSR count). The Morgan fingerprint density at radius 1 is 1.12 bits per heavy atom. The molecular weight excluding hydrogens is 412 g/mol. The number of carbonyl (C=O) groups is 3. The molecule has 2 aliphatic heterocycles. The highest BCUT2D eigenvalue weighted by Gasteiger charge is 2.40. The number of aromatic nitrogens is 3. The van der Waals surface area contributed by atoms with Crippen molar-refractivity contribution < 1.29 is 19.1 Å². The number of imide groups is 1. The molecule has 3 heterocycles. The second-order valence-electron chi connectivity index (χ2n) is 8.71. The normalized spacial score (nSPS) is 25.7. The molecule has 0 radical (unpaired) electrons. The maximum atomic E-state index is 13.0. The average Bonchev–Trinajstić information content (AvgIpc) is 3.38. The summed E-state index contributed by atoms with van der Waals surface area (Å²) >= 11 is 0. The van der Waals surface area contributed by atoms with Crippen molar-refractivity contribution in [3.63, 3.8) is 0 Å². The van der Waals surface area contributed by atoms with E-state index in [1.807, 2.05) is 12.3 Å². The Bertz CT molecular complexity index is 1060. The van der Waals surface area contributed by atoms with Gasteiger partial charge in [-0.15, -0.1) is 5.10 Å². The number of piperidine rings is 1. The molecule has 3 aliphatic rings. The van der Waals surface area contributed by atoms with E-state index in [0.29, 0.717) is 24.3 Å². The highest BCUT2D eigenvalue weighted by Crippen LogP contribution is 2.31. The highest BCUT2D eigenvalue weighted by atomic mass is 16.5. The predicted octanol–water partition coefficient (Wildman–Crippen LogP) is 0.815. The number of hydrogen-bond acceptors (Lipinski definition) is 7. The summed E-state index contributed by atoms with van der Waals surface area (Å²) in [5, 5.41) is 10.8. The van der Waals surface area contributed by atoms with Crippen LogP contribution in [0.1, 0.15) is 60.1 Å². The third-order valence-corrected chi connectivity index (χ3v) is 6.53. The van der Waals surface area contributed by atoms with Crippen LogP contribution in [0.5, 0.6) is 0 Å². The molecule has 2 aromatic rings. The molecule has 1 aromatic carbocycles. The van der Waals surface area contributed by atoms with Crippen LogP contribution in [0, 0.1) is 0 Å². The molecule has 2 fully saturated rings. The van der Waals surface area contributed by atoms with Gasteiger partial charge in [0.15, 0.2) is 0 Å². The summed E-state index contributed by atoms with van der Waals surface area (Å²) in [6.07, 6.45) is 6.43. The van der Waals surface area contributed by atoms with E-state index in [-0.39, 0.29) is 36.9 Å². The maximum absolute atomic E-state index is 13.0. The number of carbonyl (C=O) groups excluding carboxylic acids is 3. The van der Waals surface area contributed by atoms with Crippen LogP contribution in [-0.4, -0.2) is 55.8 Å². The van der Waals surface area contributed by atoms with Gasteiger partial charge in [-0.2, -0.15) is 0 Å². The van der Waals surface area contributed by atoms with Gasteiger partial charge in [0, 0.05) is 30.1 Å². The Labute approximate surface area is 185 Å². The lowest BCUT2D eigenvalue weighted by Gasteiger charge is -2.29. The van der Waals surface area contributed by atoms with Crippen molar-refractivity contribution in [3.8, 4) is 5.69 Å². The molecule has 10 nitrogen and oxygen atoms in total. The van der Waals surface area contributed by atoms with Gasteiger partial charge in [-0.3, -0.25) is 19.7 Å². The molecule has 10 heteroatoms. The van der Waals surface area contributed by atoms with Gasteiger partial charge in [0.1, 0.15) is 11.7 Å². The topological polar surface area (TPSA) is 132 Å². The monoisotopic (exact) mass is 438 g/mol. The van der Waals surface area contributed by atoms with Crippen molar-refractivity contribution in [1.82, 2.24) is 25.2 Å². The largest absolute Gasteiger partial charge is 0.372 e. The van der Waals surface area contributed by atoms with Gasteiger partial charge in [-0.1, -0.05) is 11.3 Å². The van der Waals surface area contributed by atoms with Crippen LogP contribution >= 0.6 is 0 Å². The molecule has 0 bridgehead atoms. The van der Waals surface area contributed by atoms with Crippen molar-refractivity contribution in [2.45, 2.75) is 69.9 Å². The van der Waals surface area contributed by atoms with E-state index >= 15 is 0 Å². The lowest BCUT2D eigenvalue weighted by molar-refractivity contribution is -0.136. The predicted molar refractivity (Wildman–Crippen MR) is 112 cm³/mol. The van der Waals surface area contributed by atoms with Crippen LogP contribution in [0.25, 0.3) is 5.69 Å². The van der Waals surface area contributed by atoms with Gasteiger partial charge < -0.3 is 15.4 Å². The quantitative estimate of drug-likeness (QED) is 0.660. The third kappa shape index (κ3) is 3.91. The Kier molecular flexibility index (Phi) is 5.48. The lowest BCUT2D eigenvalue weighted by atomic mass is 9.94. The summed E-state index contributed by atoms with van der Waals surface area (Å²) in [5.41, 5.74) is 8.74. The zero-order chi connectivity index (χ0) is 22.2. The van der Waals surface area contributed by atoms with Crippen molar-refractivity contribution in [3.05, 3.63) is 41.2 Å². The summed E-state index contributed by atoms with van der Waals surface area (Å²) in [6.45, 7) is 0.654. The highest BCUT2D eigenvalue weighted by molar-refractivity contribution is 6.05. The third-order valence-electron chi connectivity index (χ3n) is 6.53. The second-order valence-corrected chi connectivity index (χ2v) is 8.71. The van der Waals surface area contributed by atoms with E-state index in [9.17, 15) is 14.4 Å². The summed E-state index contributed by atoms with van der Waals surface area (Å²) < 4.78 is 7.64. The van der Waals surface area contributed by atoms with Crippen LogP contribution in [0.2, 0.25) is 0 Å². The molecule has 1 aromatic heterocycles. The molecule has 1 unspecified atom stereocenters. The van der Waals surface area contributed by atoms with Crippen LogP contribution in [0.4, 0.5) is 0 Å². The number of amides is 3. The molecular formula is C22H26N6O4. The van der Waals surface area contributed by atoms with E-state index in [0.717, 1.165) is 36.9 Å². The molecule has 3 N–H and O–H groups in total. The number of hydrogen-bond donors (Lipinski definition) is 2. The Balaban J connectivity index is 1.31. The second kappa shape index (κ2) is 8.44. The minimum absolute atomic E-state index is 0.195. The fraction of sp³-hybridized carbons (Fsp3) is 0.500. The van der Waals surface area contributed by atoms with E-state index in [2.05, 4.69) is 15.6 Å². The number of nitrogens with one attached hydrogen (secondary N) is 1. The Morgan fingerprint density at radius 3 is 2.72 bits per heavy atom. The first-order valence-corrected chi connectivity index (χ1v) is 11.0. The first kappa shape index (κ1) is 20.8. The van der Waals surface area contributed by atoms with Crippen LogP contribution < -0.4 is 11.1 Å². The summed E-state index contributed by atoms with van der Waals surface area (Å²) in [4.78, 5) is 38.3. The van der Waals surface area contributed by atoms with Crippen molar-refractivity contribution in [2.75, 3.05) is 0 Å². The molecule has 1 saturated carbocycles. The van der Waals surface area contributed by atoms with Gasteiger partial charge in [-0.25, -0.2) is 4.68 Å². The summed E-state index contributed by atoms with van der Waals surface area (Å²) in [7, 11) is 0. The minimum atomic E-state index is -0.649. The molecule has 1 aliphatic carbocycles. The summed E-state index contributed by atoms with van der Waals surface area (Å²) in [5.74, 6) is -0.937. The van der Waals surface area contributed by atoms with E-state index in [1.54, 1.807) is 16.8 Å².